The van der Waals surface area contributed by atoms with Gasteiger partial charge in [-0.05, 0) is 42.8 Å². The SMILES string of the molecule is C[C@H](NC(=O)Cc1c(C2COC2)c2cc(F)ccc2[nH]c1=O)c1ccc(C#N)cn1. The Balaban J connectivity index is 1.62. The van der Waals surface area contributed by atoms with Crippen LogP contribution in [0.5, 0.6) is 0 Å². The average molecular weight is 406 g/mol. The van der Waals surface area contributed by atoms with Gasteiger partial charge in [-0.25, -0.2) is 4.39 Å². The first-order chi connectivity index (χ1) is 14.5. The summed E-state index contributed by atoms with van der Waals surface area (Å²) in [5.41, 5.74) is 2.18. The summed E-state index contributed by atoms with van der Waals surface area (Å²) in [4.78, 5) is 32.4. The second-order valence-corrected chi connectivity index (χ2v) is 7.32. The Morgan fingerprint density at radius 1 is 1.40 bits per heavy atom. The molecule has 2 aromatic heterocycles. The van der Waals surface area contributed by atoms with Crippen LogP contribution in [0.4, 0.5) is 4.39 Å². The molecule has 1 aromatic carbocycles. The highest BCUT2D eigenvalue weighted by Crippen LogP contribution is 2.32. The van der Waals surface area contributed by atoms with Crippen molar-refractivity contribution in [1.82, 2.24) is 15.3 Å². The van der Waals surface area contributed by atoms with Gasteiger partial charge in [0.2, 0.25) is 5.91 Å². The number of halogens is 1. The van der Waals surface area contributed by atoms with Crippen molar-refractivity contribution in [3.05, 3.63) is 75.1 Å². The molecule has 1 atom stereocenters. The molecule has 1 amide bonds. The van der Waals surface area contributed by atoms with E-state index in [0.29, 0.717) is 46.5 Å². The summed E-state index contributed by atoms with van der Waals surface area (Å²) in [5, 5.41) is 12.3. The number of pyridine rings is 2. The minimum absolute atomic E-state index is 0.0583. The van der Waals surface area contributed by atoms with Gasteiger partial charge in [-0.3, -0.25) is 14.6 Å². The van der Waals surface area contributed by atoms with Gasteiger partial charge in [0, 0.05) is 28.6 Å². The molecule has 0 saturated carbocycles. The molecule has 3 heterocycles. The molecule has 2 N–H and O–H groups in total. The number of carbonyl (C=O) groups is 1. The van der Waals surface area contributed by atoms with Crippen LogP contribution in [0.2, 0.25) is 0 Å². The number of aromatic amines is 1. The number of ether oxygens (including phenoxy) is 1. The standard InChI is InChI=1S/C22H19FN4O3/c1-12(18-4-2-13(8-24)9-25-18)26-20(28)7-17-21(14-10-30-11-14)16-6-15(23)3-5-19(16)27-22(17)29/h2-6,9,12,14H,7,10-11H2,1H3,(H,26,28)(H,27,29)/t12-/m0/s1. The lowest BCUT2D eigenvalue weighted by Crippen LogP contribution is -2.34. The Morgan fingerprint density at radius 3 is 2.83 bits per heavy atom. The minimum atomic E-state index is -0.410. The lowest BCUT2D eigenvalue weighted by atomic mass is 9.88. The highest BCUT2D eigenvalue weighted by Gasteiger charge is 2.28. The van der Waals surface area contributed by atoms with Crippen molar-refractivity contribution >= 4 is 16.8 Å². The fourth-order valence-electron chi connectivity index (χ4n) is 3.63. The van der Waals surface area contributed by atoms with Gasteiger partial charge in [-0.1, -0.05) is 0 Å². The molecule has 0 unspecified atom stereocenters. The zero-order valence-electron chi connectivity index (χ0n) is 16.2. The van der Waals surface area contributed by atoms with E-state index in [1.54, 1.807) is 19.1 Å². The van der Waals surface area contributed by atoms with Gasteiger partial charge in [-0.2, -0.15) is 5.26 Å². The number of carbonyl (C=O) groups excluding carboxylic acids is 1. The van der Waals surface area contributed by atoms with Crippen molar-refractivity contribution in [1.29, 1.82) is 5.26 Å². The molecule has 4 rings (SSSR count). The summed E-state index contributed by atoms with van der Waals surface area (Å²) in [5.74, 6) is -0.819. The van der Waals surface area contributed by atoms with Gasteiger partial charge in [0.25, 0.3) is 5.56 Å². The van der Waals surface area contributed by atoms with E-state index in [-0.39, 0.29) is 23.8 Å². The van der Waals surface area contributed by atoms with Gasteiger partial charge < -0.3 is 15.0 Å². The predicted octanol–water partition coefficient (Wildman–Crippen LogP) is 2.47. The highest BCUT2D eigenvalue weighted by atomic mass is 19.1. The van der Waals surface area contributed by atoms with Gasteiger partial charge in [0.1, 0.15) is 11.9 Å². The van der Waals surface area contributed by atoms with E-state index in [2.05, 4.69) is 15.3 Å². The number of aromatic nitrogens is 2. The molecule has 152 valence electrons. The van der Waals surface area contributed by atoms with E-state index in [1.807, 2.05) is 6.07 Å². The Kier molecular flexibility index (Phi) is 5.29. The highest BCUT2D eigenvalue weighted by molar-refractivity contribution is 5.86. The fourth-order valence-corrected chi connectivity index (χ4v) is 3.63. The molecule has 0 bridgehead atoms. The molecule has 0 aliphatic carbocycles. The zero-order valence-corrected chi connectivity index (χ0v) is 16.2. The van der Waals surface area contributed by atoms with Gasteiger partial charge in [0.05, 0.1) is 36.9 Å². The van der Waals surface area contributed by atoms with Gasteiger partial charge in [0.15, 0.2) is 0 Å². The first-order valence-electron chi connectivity index (χ1n) is 9.53. The molecule has 7 nitrogen and oxygen atoms in total. The van der Waals surface area contributed by atoms with Crippen LogP contribution in [0.15, 0.2) is 41.3 Å². The Labute approximate surface area is 171 Å². The average Bonchev–Trinajstić information content (AvgIpc) is 2.69. The van der Waals surface area contributed by atoms with Crippen molar-refractivity contribution in [2.24, 2.45) is 0 Å². The molecule has 1 aliphatic heterocycles. The number of fused-ring (bicyclic) bond motifs is 1. The Morgan fingerprint density at radius 2 is 2.20 bits per heavy atom. The molecule has 0 spiro atoms. The third kappa shape index (κ3) is 3.80. The number of hydrogen-bond acceptors (Lipinski definition) is 5. The molecule has 8 heteroatoms. The van der Waals surface area contributed by atoms with E-state index in [9.17, 15) is 14.0 Å². The van der Waals surface area contributed by atoms with Crippen LogP contribution >= 0.6 is 0 Å². The largest absolute Gasteiger partial charge is 0.380 e. The van der Waals surface area contributed by atoms with E-state index >= 15 is 0 Å². The number of rotatable bonds is 5. The maximum absolute atomic E-state index is 13.9. The number of nitriles is 1. The van der Waals surface area contributed by atoms with Crippen molar-refractivity contribution < 1.29 is 13.9 Å². The first-order valence-corrected chi connectivity index (χ1v) is 9.53. The molecule has 1 fully saturated rings. The van der Waals surface area contributed by atoms with Crippen LogP contribution in [-0.2, 0) is 16.0 Å². The van der Waals surface area contributed by atoms with Crippen LogP contribution in [0.1, 0.15) is 41.3 Å². The summed E-state index contributed by atoms with van der Waals surface area (Å²) in [6, 6.07) is 9.08. The van der Waals surface area contributed by atoms with Crippen molar-refractivity contribution in [3.8, 4) is 6.07 Å². The van der Waals surface area contributed by atoms with Crippen molar-refractivity contribution in [3.63, 3.8) is 0 Å². The summed E-state index contributed by atoms with van der Waals surface area (Å²) >= 11 is 0. The van der Waals surface area contributed by atoms with E-state index in [1.165, 1.54) is 24.4 Å². The molecule has 30 heavy (non-hydrogen) atoms. The van der Waals surface area contributed by atoms with E-state index < -0.39 is 11.9 Å². The lowest BCUT2D eigenvalue weighted by molar-refractivity contribution is -0.121. The number of benzene rings is 1. The number of hydrogen-bond donors (Lipinski definition) is 2. The smallest absolute Gasteiger partial charge is 0.252 e. The van der Waals surface area contributed by atoms with Crippen LogP contribution in [0.25, 0.3) is 10.9 Å². The molecule has 0 radical (unpaired) electrons. The number of nitrogens with one attached hydrogen (secondary N) is 2. The lowest BCUT2D eigenvalue weighted by Gasteiger charge is -2.29. The van der Waals surface area contributed by atoms with Crippen molar-refractivity contribution in [2.75, 3.05) is 13.2 Å². The third-order valence-electron chi connectivity index (χ3n) is 5.24. The Bertz CT molecular complexity index is 1210. The second-order valence-electron chi connectivity index (χ2n) is 7.32. The summed E-state index contributed by atoms with van der Waals surface area (Å²) in [7, 11) is 0. The third-order valence-corrected chi connectivity index (χ3v) is 5.24. The zero-order chi connectivity index (χ0) is 21.3. The van der Waals surface area contributed by atoms with Crippen LogP contribution < -0.4 is 10.9 Å². The summed E-state index contributed by atoms with van der Waals surface area (Å²) in [6.45, 7) is 2.62. The fraction of sp³-hybridized carbons (Fsp3) is 0.273. The number of amides is 1. The van der Waals surface area contributed by atoms with Gasteiger partial charge >= 0.3 is 0 Å². The molecule has 1 aliphatic rings. The monoisotopic (exact) mass is 406 g/mol. The maximum atomic E-state index is 13.9. The van der Waals surface area contributed by atoms with E-state index in [4.69, 9.17) is 10.00 Å². The van der Waals surface area contributed by atoms with Crippen LogP contribution in [0, 0.1) is 17.1 Å². The Hall–Kier alpha value is -3.57. The normalized spacial score (nSPS) is 14.7. The molecular formula is C22H19FN4O3. The maximum Gasteiger partial charge on any atom is 0.252 e. The topological polar surface area (TPSA) is 108 Å². The van der Waals surface area contributed by atoms with Crippen LogP contribution in [0.3, 0.4) is 0 Å². The van der Waals surface area contributed by atoms with E-state index in [0.717, 1.165) is 0 Å². The van der Waals surface area contributed by atoms with Crippen molar-refractivity contribution in [2.45, 2.75) is 25.3 Å². The first kappa shape index (κ1) is 19.7. The summed E-state index contributed by atoms with van der Waals surface area (Å²) < 4.78 is 19.2. The quantitative estimate of drug-likeness (QED) is 0.677. The second kappa shape index (κ2) is 8.05. The predicted molar refractivity (Wildman–Crippen MR) is 107 cm³/mol. The minimum Gasteiger partial charge on any atom is -0.380 e. The molecule has 3 aromatic rings. The molecular weight excluding hydrogens is 387 g/mol. The summed E-state index contributed by atoms with van der Waals surface area (Å²) in [6.07, 6.45) is 1.30. The molecule has 1 saturated heterocycles. The number of nitrogens with zero attached hydrogens (tertiary/aromatic N) is 2. The number of H-pyrrole nitrogens is 1. The van der Waals surface area contributed by atoms with Crippen LogP contribution in [-0.4, -0.2) is 29.1 Å². The van der Waals surface area contributed by atoms with Gasteiger partial charge in [-0.15, -0.1) is 0 Å².